The van der Waals surface area contributed by atoms with Gasteiger partial charge in [-0.25, -0.2) is 0 Å². The van der Waals surface area contributed by atoms with E-state index in [9.17, 15) is 9.90 Å². The molecule has 2 aromatic rings. The summed E-state index contributed by atoms with van der Waals surface area (Å²) in [6.45, 7) is 2.41. The molecule has 0 amide bonds. The highest BCUT2D eigenvalue weighted by Gasteiger charge is 2.12. The molecule has 0 saturated heterocycles. The van der Waals surface area contributed by atoms with Crippen LogP contribution in [0.4, 0.5) is 0 Å². The molecule has 0 radical (unpaired) electrons. The van der Waals surface area contributed by atoms with Gasteiger partial charge in [-0.1, -0.05) is 12.1 Å². The van der Waals surface area contributed by atoms with E-state index in [1.807, 2.05) is 6.92 Å². The maximum Gasteiger partial charge on any atom is 0.200 e. The van der Waals surface area contributed by atoms with Gasteiger partial charge < -0.3 is 14.8 Å². The van der Waals surface area contributed by atoms with Crippen LogP contribution in [0.1, 0.15) is 17.3 Å². The highest BCUT2D eigenvalue weighted by atomic mass is 16.5. The normalized spacial score (nSPS) is 10.5. The van der Waals surface area contributed by atoms with Gasteiger partial charge in [0, 0.05) is 5.39 Å². The summed E-state index contributed by atoms with van der Waals surface area (Å²) >= 11 is 0. The van der Waals surface area contributed by atoms with E-state index in [4.69, 9.17) is 4.74 Å². The van der Waals surface area contributed by atoms with Crippen LogP contribution >= 0.6 is 0 Å². The lowest BCUT2D eigenvalue weighted by molar-refractivity contribution is 0.112. The van der Waals surface area contributed by atoms with Crippen LogP contribution < -0.4 is 4.74 Å². The van der Waals surface area contributed by atoms with E-state index < -0.39 is 0 Å². The molecule has 4 heteroatoms. The van der Waals surface area contributed by atoms with Gasteiger partial charge in [0.2, 0.25) is 0 Å². The van der Waals surface area contributed by atoms with E-state index in [1.165, 1.54) is 0 Å². The summed E-state index contributed by atoms with van der Waals surface area (Å²) in [7, 11) is 0. The van der Waals surface area contributed by atoms with Crippen molar-refractivity contribution in [1.29, 1.82) is 0 Å². The monoisotopic (exact) mass is 205 g/mol. The van der Waals surface area contributed by atoms with Crippen LogP contribution in [-0.2, 0) is 0 Å². The highest BCUT2D eigenvalue weighted by Crippen LogP contribution is 2.31. The number of aromatic hydroxyl groups is 1. The fourth-order valence-corrected chi connectivity index (χ4v) is 1.59. The second kappa shape index (κ2) is 3.65. The third kappa shape index (κ3) is 1.44. The molecule has 78 valence electrons. The van der Waals surface area contributed by atoms with Gasteiger partial charge >= 0.3 is 0 Å². The number of benzene rings is 1. The summed E-state index contributed by atoms with van der Waals surface area (Å²) in [5, 5.41) is 10.2. The van der Waals surface area contributed by atoms with E-state index >= 15 is 0 Å². The Morgan fingerprint density at radius 2 is 2.33 bits per heavy atom. The number of para-hydroxylation sites is 1. The molecule has 0 bridgehead atoms. The number of H-pyrrole nitrogens is 1. The molecule has 1 aromatic carbocycles. The zero-order chi connectivity index (χ0) is 10.8. The average Bonchev–Trinajstić information content (AvgIpc) is 2.55. The van der Waals surface area contributed by atoms with Gasteiger partial charge in [0.15, 0.2) is 12.2 Å². The van der Waals surface area contributed by atoms with Crippen molar-refractivity contribution >= 4 is 17.2 Å². The molecule has 4 nitrogen and oxygen atoms in total. The van der Waals surface area contributed by atoms with Crippen molar-refractivity contribution < 1.29 is 14.6 Å². The Balaban J connectivity index is 2.71. The van der Waals surface area contributed by atoms with E-state index in [-0.39, 0.29) is 11.4 Å². The number of aromatic amines is 1. The standard InChI is InChI=1S/C11H11NO3/c1-2-15-9-5-3-4-7-8(6-13)11(14)12-10(7)9/h3-6,12,14H,2H2,1H3. The Morgan fingerprint density at radius 3 is 3.00 bits per heavy atom. The lowest BCUT2D eigenvalue weighted by Crippen LogP contribution is -1.91. The fourth-order valence-electron chi connectivity index (χ4n) is 1.59. The van der Waals surface area contributed by atoms with Gasteiger partial charge in [0.05, 0.1) is 17.7 Å². The van der Waals surface area contributed by atoms with Crippen molar-refractivity contribution in [2.75, 3.05) is 6.61 Å². The molecular weight excluding hydrogens is 194 g/mol. The number of ether oxygens (including phenoxy) is 1. The zero-order valence-corrected chi connectivity index (χ0v) is 8.28. The Labute approximate surface area is 86.5 Å². The smallest absolute Gasteiger partial charge is 0.200 e. The minimum Gasteiger partial charge on any atom is -0.494 e. The first-order valence-electron chi connectivity index (χ1n) is 4.69. The molecular formula is C11H11NO3. The van der Waals surface area contributed by atoms with Crippen LogP contribution in [0.2, 0.25) is 0 Å². The van der Waals surface area contributed by atoms with Gasteiger partial charge in [-0.05, 0) is 13.0 Å². The predicted octanol–water partition coefficient (Wildman–Crippen LogP) is 2.08. The molecule has 0 atom stereocenters. The van der Waals surface area contributed by atoms with Gasteiger partial charge in [-0.2, -0.15) is 0 Å². The molecule has 15 heavy (non-hydrogen) atoms. The van der Waals surface area contributed by atoms with Crippen LogP contribution in [0.5, 0.6) is 11.6 Å². The Hall–Kier alpha value is -1.97. The van der Waals surface area contributed by atoms with Crippen molar-refractivity contribution in [1.82, 2.24) is 4.98 Å². The molecule has 1 heterocycles. The van der Waals surface area contributed by atoms with Crippen LogP contribution in [0.25, 0.3) is 10.9 Å². The van der Waals surface area contributed by atoms with Crippen LogP contribution in [0.15, 0.2) is 18.2 Å². The number of rotatable bonds is 3. The van der Waals surface area contributed by atoms with Crippen LogP contribution in [-0.4, -0.2) is 23.0 Å². The first-order valence-corrected chi connectivity index (χ1v) is 4.69. The van der Waals surface area contributed by atoms with E-state index in [2.05, 4.69) is 4.98 Å². The largest absolute Gasteiger partial charge is 0.494 e. The van der Waals surface area contributed by atoms with Crippen LogP contribution in [0.3, 0.4) is 0 Å². The first-order chi connectivity index (χ1) is 7.27. The fraction of sp³-hybridized carbons (Fsp3) is 0.182. The zero-order valence-electron chi connectivity index (χ0n) is 8.28. The maximum atomic E-state index is 10.8. The van der Waals surface area contributed by atoms with Crippen molar-refractivity contribution in [2.24, 2.45) is 0 Å². The Kier molecular flexibility index (Phi) is 2.33. The van der Waals surface area contributed by atoms with Crippen molar-refractivity contribution in [3.05, 3.63) is 23.8 Å². The third-order valence-electron chi connectivity index (χ3n) is 2.23. The molecule has 0 fully saturated rings. The molecule has 0 saturated carbocycles. The topological polar surface area (TPSA) is 62.3 Å². The minimum atomic E-state index is -0.118. The summed E-state index contributed by atoms with van der Waals surface area (Å²) in [5.74, 6) is 0.519. The molecule has 2 rings (SSSR count). The molecule has 0 unspecified atom stereocenters. The number of hydrogen-bond donors (Lipinski definition) is 2. The predicted molar refractivity (Wildman–Crippen MR) is 56.5 cm³/mol. The second-order valence-electron chi connectivity index (χ2n) is 3.12. The SMILES string of the molecule is CCOc1cccc2c(C=O)c(O)[nH]c12. The van der Waals surface area contributed by atoms with Crippen LogP contribution in [0, 0.1) is 0 Å². The van der Waals surface area contributed by atoms with Gasteiger partial charge in [-0.3, -0.25) is 4.79 Å². The molecule has 2 N–H and O–H groups in total. The lowest BCUT2D eigenvalue weighted by atomic mass is 10.2. The van der Waals surface area contributed by atoms with E-state index in [0.717, 1.165) is 0 Å². The first kappa shape index (κ1) is 9.58. The molecule has 1 aromatic heterocycles. The number of fused-ring (bicyclic) bond motifs is 1. The summed E-state index contributed by atoms with van der Waals surface area (Å²) < 4.78 is 5.37. The van der Waals surface area contributed by atoms with E-state index in [1.54, 1.807) is 18.2 Å². The second-order valence-corrected chi connectivity index (χ2v) is 3.12. The number of aldehydes is 1. The molecule has 0 aliphatic heterocycles. The summed E-state index contributed by atoms with van der Waals surface area (Å²) in [6, 6.07) is 5.34. The number of nitrogens with one attached hydrogen (secondary N) is 1. The number of hydrogen-bond acceptors (Lipinski definition) is 3. The number of aromatic nitrogens is 1. The summed E-state index contributed by atoms with van der Waals surface area (Å²) in [5.41, 5.74) is 0.922. The van der Waals surface area contributed by atoms with Crippen molar-refractivity contribution in [3.8, 4) is 11.6 Å². The molecule has 0 aliphatic carbocycles. The highest BCUT2D eigenvalue weighted by molar-refractivity contribution is 6.02. The number of carbonyl (C=O) groups is 1. The van der Waals surface area contributed by atoms with Gasteiger partial charge in [0.1, 0.15) is 5.75 Å². The lowest BCUT2D eigenvalue weighted by Gasteiger charge is -2.03. The quantitative estimate of drug-likeness (QED) is 0.754. The van der Waals surface area contributed by atoms with Gasteiger partial charge in [-0.15, -0.1) is 0 Å². The summed E-state index contributed by atoms with van der Waals surface area (Å²) in [4.78, 5) is 13.5. The molecule has 0 aliphatic rings. The average molecular weight is 205 g/mol. The van der Waals surface area contributed by atoms with E-state index in [0.29, 0.717) is 29.5 Å². The Morgan fingerprint density at radius 1 is 1.53 bits per heavy atom. The minimum absolute atomic E-state index is 0.118. The van der Waals surface area contributed by atoms with Gasteiger partial charge in [0.25, 0.3) is 0 Å². The summed E-state index contributed by atoms with van der Waals surface area (Å²) in [6.07, 6.45) is 0.629. The maximum absolute atomic E-state index is 10.8. The van der Waals surface area contributed by atoms with Crippen molar-refractivity contribution in [2.45, 2.75) is 6.92 Å². The number of carbonyl (C=O) groups excluding carboxylic acids is 1. The molecule has 0 spiro atoms. The van der Waals surface area contributed by atoms with Crippen molar-refractivity contribution in [3.63, 3.8) is 0 Å². The third-order valence-corrected chi connectivity index (χ3v) is 2.23. The Bertz CT molecular complexity index is 502.